The number of carbonyl (C=O) groups excluding carboxylic acids is 1. The van der Waals surface area contributed by atoms with Gasteiger partial charge in [0.25, 0.3) is 0 Å². The molecule has 0 amide bonds. The molecule has 122 valence electrons. The second kappa shape index (κ2) is 7.10. The number of fused-ring (bicyclic) bond motifs is 1. The van der Waals surface area contributed by atoms with Gasteiger partial charge in [-0.1, -0.05) is 43.3 Å². The molecule has 24 heavy (non-hydrogen) atoms. The van der Waals surface area contributed by atoms with Gasteiger partial charge in [-0.3, -0.25) is 4.79 Å². The van der Waals surface area contributed by atoms with Gasteiger partial charge < -0.3 is 4.74 Å². The molecule has 0 N–H and O–H groups in total. The quantitative estimate of drug-likeness (QED) is 0.533. The molecule has 0 spiro atoms. The number of hydrogen-bond acceptors (Lipinski definition) is 3. The van der Waals surface area contributed by atoms with Crippen molar-refractivity contribution in [1.82, 2.24) is 0 Å². The van der Waals surface area contributed by atoms with Gasteiger partial charge in [0.05, 0.1) is 0 Å². The maximum Gasteiger partial charge on any atom is 0.310 e. The number of esters is 1. The predicted molar refractivity (Wildman–Crippen MR) is 102 cm³/mol. The molecular formula is C21H20O2S. The van der Waals surface area contributed by atoms with Gasteiger partial charge >= 0.3 is 5.97 Å². The second-order valence-corrected chi connectivity index (χ2v) is 6.54. The minimum Gasteiger partial charge on any atom is -0.426 e. The number of carbonyl (C=O) groups is 1. The monoisotopic (exact) mass is 336 g/mol. The van der Waals surface area contributed by atoms with Gasteiger partial charge in [0.1, 0.15) is 5.76 Å². The van der Waals surface area contributed by atoms with Crippen molar-refractivity contribution in [3.05, 3.63) is 71.0 Å². The molecule has 0 heterocycles. The Balaban J connectivity index is 2.07. The van der Waals surface area contributed by atoms with Crippen molar-refractivity contribution in [3.8, 4) is 0 Å². The van der Waals surface area contributed by atoms with Crippen LogP contribution in [-0.4, -0.2) is 12.2 Å². The lowest BCUT2D eigenvalue weighted by molar-refractivity contribution is -0.138. The third kappa shape index (κ3) is 3.17. The Labute approximate surface area is 147 Å². The first-order chi connectivity index (χ1) is 11.6. The minimum absolute atomic E-state index is 0.208. The first-order valence-corrected chi connectivity index (χ1v) is 9.24. The molecule has 0 aromatic heterocycles. The fourth-order valence-electron chi connectivity index (χ4n) is 2.82. The summed E-state index contributed by atoms with van der Waals surface area (Å²) in [7, 11) is 0. The molecular weight excluding hydrogens is 316 g/mol. The molecule has 0 saturated carbocycles. The number of rotatable bonds is 4. The Morgan fingerprint density at radius 3 is 2.38 bits per heavy atom. The van der Waals surface area contributed by atoms with Crippen molar-refractivity contribution in [2.75, 3.05) is 6.26 Å². The number of hydrogen-bond donors (Lipinski definition) is 0. The molecule has 0 unspecified atom stereocenters. The first-order valence-electron chi connectivity index (χ1n) is 8.01. The minimum atomic E-state index is -0.208. The molecule has 2 aromatic rings. The maximum absolute atomic E-state index is 11.9. The van der Waals surface area contributed by atoms with E-state index in [1.54, 1.807) is 11.8 Å². The maximum atomic E-state index is 11.9. The van der Waals surface area contributed by atoms with Crippen LogP contribution >= 0.6 is 11.8 Å². The molecule has 0 saturated heterocycles. The Morgan fingerprint density at radius 1 is 1.08 bits per heavy atom. The highest BCUT2D eigenvalue weighted by Gasteiger charge is 2.26. The molecule has 3 rings (SSSR count). The number of ether oxygens (including phenoxy) is 1. The molecule has 2 nitrogen and oxygen atoms in total. The topological polar surface area (TPSA) is 26.3 Å². The van der Waals surface area contributed by atoms with E-state index in [9.17, 15) is 4.79 Å². The molecule has 3 heteroatoms. The average molecular weight is 336 g/mol. The summed E-state index contributed by atoms with van der Waals surface area (Å²) in [5, 5.41) is 0. The fraction of sp³-hybridized carbons (Fsp3) is 0.190. The van der Waals surface area contributed by atoms with Crippen molar-refractivity contribution in [3.63, 3.8) is 0 Å². The SMILES string of the molecule is CCC(=O)OC1=C(C)c2ccccc2C1=Cc1ccc(SC)cc1. The van der Waals surface area contributed by atoms with E-state index in [0.717, 1.165) is 27.8 Å². The number of thioether (sulfide) groups is 1. The molecule has 2 aromatic carbocycles. The van der Waals surface area contributed by atoms with Crippen LogP contribution < -0.4 is 0 Å². The standard InChI is InChI=1S/C21H20O2S/c1-4-20(22)23-21-14(2)17-7-5-6-8-18(17)19(21)13-15-9-11-16(24-3)12-10-15/h5-13H,4H2,1-3H3. The zero-order chi connectivity index (χ0) is 17.1. The van der Waals surface area contributed by atoms with Crippen LogP contribution in [0.4, 0.5) is 0 Å². The highest BCUT2D eigenvalue weighted by Crippen LogP contribution is 2.42. The summed E-state index contributed by atoms with van der Waals surface area (Å²) < 4.78 is 5.65. The van der Waals surface area contributed by atoms with Crippen molar-refractivity contribution < 1.29 is 9.53 Å². The van der Waals surface area contributed by atoms with Crippen molar-refractivity contribution in [2.24, 2.45) is 0 Å². The van der Waals surface area contributed by atoms with Gasteiger partial charge in [0, 0.05) is 22.5 Å². The van der Waals surface area contributed by atoms with E-state index in [0.29, 0.717) is 12.2 Å². The van der Waals surface area contributed by atoms with Crippen LogP contribution in [0.2, 0.25) is 0 Å². The smallest absolute Gasteiger partial charge is 0.310 e. The third-order valence-corrected chi connectivity index (χ3v) is 4.88. The van der Waals surface area contributed by atoms with Crippen molar-refractivity contribution in [1.29, 1.82) is 0 Å². The van der Waals surface area contributed by atoms with Crippen molar-refractivity contribution >= 4 is 35.0 Å². The van der Waals surface area contributed by atoms with Crippen molar-refractivity contribution in [2.45, 2.75) is 25.2 Å². The highest BCUT2D eigenvalue weighted by atomic mass is 32.2. The second-order valence-electron chi connectivity index (χ2n) is 5.66. The summed E-state index contributed by atoms with van der Waals surface area (Å²) in [5.41, 5.74) is 5.32. The predicted octanol–water partition coefficient (Wildman–Crippen LogP) is 5.65. The largest absolute Gasteiger partial charge is 0.426 e. The number of benzene rings is 2. The van der Waals surface area contributed by atoms with E-state index in [-0.39, 0.29) is 5.97 Å². The fourth-order valence-corrected chi connectivity index (χ4v) is 3.23. The molecule has 1 aliphatic carbocycles. The molecule has 0 bridgehead atoms. The Morgan fingerprint density at radius 2 is 1.75 bits per heavy atom. The normalized spacial score (nSPS) is 14.9. The van der Waals surface area contributed by atoms with Crippen LogP contribution in [0.5, 0.6) is 0 Å². The van der Waals surface area contributed by atoms with E-state index >= 15 is 0 Å². The molecule has 0 atom stereocenters. The zero-order valence-electron chi connectivity index (χ0n) is 14.1. The Hall–Kier alpha value is -2.26. The summed E-state index contributed by atoms with van der Waals surface area (Å²) in [6.07, 6.45) is 4.52. The van der Waals surface area contributed by atoms with E-state index in [1.165, 1.54) is 4.90 Å². The van der Waals surface area contributed by atoms with Gasteiger partial charge in [-0.05, 0) is 48.1 Å². The molecule has 0 radical (unpaired) electrons. The van der Waals surface area contributed by atoms with E-state index < -0.39 is 0 Å². The lowest BCUT2D eigenvalue weighted by Crippen LogP contribution is -2.02. The van der Waals surface area contributed by atoms with Crippen LogP contribution in [0.1, 0.15) is 37.0 Å². The lowest BCUT2D eigenvalue weighted by Gasteiger charge is -2.09. The van der Waals surface area contributed by atoms with Crippen LogP contribution in [0.3, 0.4) is 0 Å². The molecule has 0 fully saturated rings. The summed E-state index contributed by atoms with van der Waals surface area (Å²) in [6.45, 7) is 3.82. The Bertz CT molecular complexity index is 829. The van der Waals surface area contributed by atoms with Crippen LogP contribution in [0.25, 0.3) is 17.2 Å². The van der Waals surface area contributed by atoms with E-state index in [4.69, 9.17) is 4.74 Å². The van der Waals surface area contributed by atoms with Crippen LogP contribution in [-0.2, 0) is 9.53 Å². The summed E-state index contributed by atoms with van der Waals surface area (Å²) in [5.74, 6) is 0.470. The third-order valence-electron chi connectivity index (χ3n) is 4.14. The average Bonchev–Trinajstić information content (AvgIpc) is 2.88. The zero-order valence-corrected chi connectivity index (χ0v) is 14.9. The summed E-state index contributed by atoms with van der Waals surface area (Å²) >= 11 is 1.72. The molecule has 0 aliphatic heterocycles. The van der Waals surface area contributed by atoms with Crippen LogP contribution in [0, 0.1) is 0 Å². The summed E-state index contributed by atoms with van der Waals surface area (Å²) in [4.78, 5) is 13.1. The Kier molecular flexibility index (Phi) is 4.91. The van der Waals surface area contributed by atoms with E-state index in [1.807, 2.05) is 26.0 Å². The summed E-state index contributed by atoms with van der Waals surface area (Å²) in [6, 6.07) is 16.6. The van der Waals surface area contributed by atoms with Gasteiger partial charge in [-0.2, -0.15) is 0 Å². The van der Waals surface area contributed by atoms with Gasteiger partial charge in [-0.25, -0.2) is 0 Å². The van der Waals surface area contributed by atoms with Crippen LogP contribution in [0.15, 0.2) is 59.2 Å². The highest BCUT2D eigenvalue weighted by molar-refractivity contribution is 7.98. The van der Waals surface area contributed by atoms with Gasteiger partial charge in [0.2, 0.25) is 0 Å². The van der Waals surface area contributed by atoms with E-state index in [2.05, 4.69) is 48.7 Å². The van der Waals surface area contributed by atoms with Gasteiger partial charge in [0.15, 0.2) is 0 Å². The number of allylic oxidation sites excluding steroid dienone is 2. The van der Waals surface area contributed by atoms with Gasteiger partial charge in [-0.15, -0.1) is 11.8 Å². The molecule has 1 aliphatic rings. The first kappa shape index (κ1) is 16.6. The lowest BCUT2D eigenvalue weighted by atomic mass is 10.0.